The molecule has 0 aliphatic rings. The van der Waals surface area contributed by atoms with Crippen LogP contribution in [0.4, 0.5) is 4.39 Å². The number of nitrogens with two attached hydrogens (primary N) is 1. The van der Waals surface area contributed by atoms with Gasteiger partial charge in [-0.2, -0.15) is 0 Å². The van der Waals surface area contributed by atoms with Crippen molar-refractivity contribution >= 4 is 5.91 Å². The van der Waals surface area contributed by atoms with Gasteiger partial charge in [0.05, 0.1) is 0 Å². The van der Waals surface area contributed by atoms with Gasteiger partial charge < -0.3 is 10.6 Å². The summed E-state index contributed by atoms with van der Waals surface area (Å²) in [6, 6.07) is 16.7. The van der Waals surface area contributed by atoms with Gasteiger partial charge >= 0.3 is 0 Å². The van der Waals surface area contributed by atoms with Crippen molar-refractivity contribution in [2.24, 2.45) is 0 Å². The lowest BCUT2D eigenvalue weighted by molar-refractivity contribution is -0.682. The number of hydrogen-bond donors (Lipinski definition) is 2. The highest BCUT2D eigenvalue weighted by Gasteiger charge is 2.11. The van der Waals surface area contributed by atoms with E-state index in [2.05, 4.69) is 12.2 Å². The van der Waals surface area contributed by atoms with Crippen molar-refractivity contribution in [2.45, 2.75) is 19.5 Å². The number of rotatable bonds is 6. The number of quaternary nitrogens is 1. The number of amides is 1. The topological polar surface area (TPSA) is 45.7 Å². The predicted molar refractivity (Wildman–Crippen MR) is 79.9 cm³/mol. The van der Waals surface area contributed by atoms with E-state index in [1.807, 2.05) is 35.6 Å². The van der Waals surface area contributed by atoms with Crippen molar-refractivity contribution in [3.8, 4) is 0 Å². The fraction of sp³-hybridized carbons (Fsp3) is 0.235. The molecule has 0 spiro atoms. The van der Waals surface area contributed by atoms with Crippen molar-refractivity contribution in [3.05, 3.63) is 71.5 Å². The fourth-order valence-electron chi connectivity index (χ4n) is 2.08. The molecule has 3 N–H and O–H groups in total. The Kier molecular flexibility index (Phi) is 5.46. The van der Waals surface area contributed by atoms with Crippen LogP contribution in [0.25, 0.3) is 0 Å². The summed E-state index contributed by atoms with van der Waals surface area (Å²) in [5.74, 6) is -0.388. The van der Waals surface area contributed by atoms with Gasteiger partial charge in [-0.05, 0) is 13.0 Å². The van der Waals surface area contributed by atoms with Gasteiger partial charge in [-0.15, -0.1) is 0 Å². The summed E-state index contributed by atoms with van der Waals surface area (Å²) in [6.45, 7) is 2.60. The third kappa shape index (κ3) is 4.68. The second kappa shape index (κ2) is 7.55. The van der Waals surface area contributed by atoms with Crippen LogP contribution in [0.2, 0.25) is 0 Å². The molecule has 0 fully saturated rings. The third-order valence-electron chi connectivity index (χ3n) is 3.42. The van der Waals surface area contributed by atoms with E-state index in [9.17, 15) is 9.18 Å². The molecule has 2 rings (SSSR count). The molecule has 0 aliphatic carbocycles. The molecule has 0 saturated carbocycles. The molecule has 1 amide bonds. The molecule has 0 heterocycles. The highest BCUT2D eigenvalue weighted by Crippen LogP contribution is 2.06. The van der Waals surface area contributed by atoms with Crippen LogP contribution in [0.15, 0.2) is 54.6 Å². The van der Waals surface area contributed by atoms with Crippen molar-refractivity contribution in [1.82, 2.24) is 5.32 Å². The van der Waals surface area contributed by atoms with Crippen molar-refractivity contribution in [1.29, 1.82) is 0 Å². The first kappa shape index (κ1) is 15.2. The van der Waals surface area contributed by atoms with E-state index in [1.54, 1.807) is 18.2 Å². The maximum Gasteiger partial charge on any atom is 0.275 e. The Hall–Kier alpha value is -2.20. The SMILES string of the molecule is C[C@H]([NH2+]CC(=O)NCc1ccccc1F)c1ccccc1. The highest BCUT2D eigenvalue weighted by atomic mass is 19.1. The number of nitrogens with one attached hydrogen (secondary N) is 1. The fourth-order valence-corrected chi connectivity index (χ4v) is 2.08. The molecular formula is C17H20FN2O+. The van der Waals surface area contributed by atoms with E-state index in [1.165, 1.54) is 11.6 Å². The zero-order valence-electron chi connectivity index (χ0n) is 12.1. The van der Waals surface area contributed by atoms with Crippen LogP contribution in [0.3, 0.4) is 0 Å². The standard InChI is InChI=1S/C17H19FN2O/c1-13(14-7-3-2-4-8-14)19-12-17(21)20-11-15-9-5-6-10-16(15)18/h2-10,13,19H,11-12H2,1H3,(H,20,21)/p+1/t13-/m0/s1. The summed E-state index contributed by atoms with van der Waals surface area (Å²) < 4.78 is 13.4. The first-order chi connectivity index (χ1) is 10.2. The summed E-state index contributed by atoms with van der Waals surface area (Å²) >= 11 is 0. The van der Waals surface area contributed by atoms with Gasteiger partial charge in [0.25, 0.3) is 5.91 Å². The minimum absolute atomic E-state index is 0.0963. The first-order valence-electron chi connectivity index (χ1n) is 7.05. The van der Waals surface area contributed by atoms with Gasteiger partial charge in [-0.1, -0.05) is 48.5 Å². The molecule has 3 nitrogen and oxygen atoms in total. The van der Waals surface area contributed by atoms with E-state index in [0.29, 0.717) is 12.1 Å². The van der Waals surface area contributed by atoms with Crippen LogP contribution in [0.1, 0.15) is 24.1 Å². The Balaban J connectivity index is 1.76. The minimum Gasteiger partial charge on any atom is -0.347 e. The Morgan fingerprint density at radius 2 is 1.81 bits per heavy atom. The Morgan fingerprint density at radius 3 is 2.52 bits per heavy atom. The smallest absolute Gasteiger partial charge is 0.275 e. The van der Waals surface area contributed by atoms with Crippen LogP contribution >= 0.6 is 0 Å². The predicted octanol–water partition coefficient (Wildman–Crippen LogP) is 1.77. The molecule has 0 radical (unpaired) electrons. The molecule has 2 aromatic carbocycles. The lowest BCUT2D eigenvalue weighted by Gasteiger charge is -2.11. The molecule has 0 saturated heterocycles. The van der Waals surface area contributed by atoms with Crippen LogP contribution in [0, 0.1) is 5.82 Å². The molecule has 0 unspecified atom stereocenters. The Labute approximate surface area is 124 Å². The van der Waals surface area contributed by atoms with E-state index >= 15 is 0 Å². The second-order valence-electron chi connectivity index (χ2n) is 5.01. The molecule has 2 aromatic rings. The third-order valence-corrected chi connectivity index (χ3v) is 3.42. The molecule has 21 heavy (non-hydrogen) atoms. The monoisotopic (exact) mass is 287 g/mol. The molecule has 1 atom stereocenters. The van der Waals surface area contributed by atoms with Gasteiger partial charge in [-0.25, -0.2) is 4.39 Å². The van der Waals surface area contributed by atoms with Gasteiger partial charge in [0.1, 0.15) is 11.9 Å². The summed E-state index contributed by atoms with van der Waals surface area (Å²) in [6.07, 6.45) is 0. The minimum atomic E-state index is -0.292. The number of carbonyl (C=O) groups is 1. The van der Waals surface area contributed by atoms with Gasteiger partial charge in [-0.3, -0.25) is 4.79 Å². The molecular weight excluding hydrogens is 267 g/mol. The zero-order valence-corrected chi connectivity index (χ0v) is 12.1. The van der Waals surface area contributed by atoms with E-state index in [-0.39, 0.29) is 24.3 Å². The summed E-state index contributed by atoms with van der Waals surface area (Å²) in [5, 5.41) is 4.70. The van der Waals surface area contributed by atoms with Crippen LogP contribution in [-0.2, 0) is 11.3 Å². The van der Waals surface area contributed by atoms with Gasteiger partial charge in [0.2, 0.25) is 0 Å². The second-order valence-corrected chi connectivity index (χ2v) is 5.01. The van der Waals surface area contributed by atoms with Crippen LogP contribution < -0.4 is 10.6 Å². The highest BCUT2D eigenvalue weighted by molar-refractivity contribution is 5.76. The average molecular weight is 287 g/mol. The molecule has 0 aromatic heterocycles. The molecule has 0 bridgehead atoms. The van der Waals surface area contributed by atoms with E-state index < -0.39 is 0 Å². The number of halogens is 1. The van der Waals surface area contributed by atoms with E-state index in [0.717, 1.165) is 0 Å². The van der Waals surface area contributed by atoms with Crippen molar-refractivity contribution in [3.63, 3.8) is 0 Å². The molecule has 110 valence electrons. The number of carbonyl (C=O) groups excluding carboxylic acids is 1. The van der Waals surface area contributed by atoms with Gasteiger partial charge in [0.15, 0.2) is 6.54 Å². The first-order valence-corrected chi connectivity index (χ1v) is 7.05. The Bertz CT molecular complexity index is 586. The average Bonchev–Trinajstić information content (AvgIpc) is 2.52. The Morgan fingerprint density at radius 1 is 1.14 bits per heavy atom. The van der Waals surface area contributed by atoms with Crippen molar-refractivity contribution < 1.29 is 14.5 Å². The maximum atomic E-state index is 13.4. The number of hydrogen-bond acceptors (Lipinski definition) is 1. The summed E-state index contributed by atoms with van der Waals surface area (Å²) in [5.41, 5.74) is 1.68. The quantitative estimate of drug-likeness (QED) is 0.835. The lowest BCUT2D eigenvalue weighted by atomic mass is 10.1. The van der Waals surface area contributed by atoms with Crippen molar-refractivity contribution in [2.75, 3.05) is 6.54 Å². The molecule has 4 heteroatoms. The van der Waals surface area contributed by atoms with Crippen LogP contribution in [0.5, 0.6) is 0 Å². The summed E-state index contributed by atoms with van der Waals surface area (Å²) in [7, 11) is 0. The molecule has 0 aliphatic heterocycles. The zero-order chi connectivity index (χ0) is 15.1. The lowest BCUT2D eigenvalue weighted by Crippen LogP contribution is -2.87. The maximum absolute atomic E-state index is 13.4. The normalized spacial score (nSPS) is 11.9. The number of benzene rings is 2. The largest absolute Gasteiger partial charge is 0.347 e. The van der Waals surface area contributed by atoms with Crippen LogP contribution in [-0.4, -0.2) is 12.5 Å². The van der Waals surface area contributed by atoms with E-state index in [4.69, 9.17) is 0 Å². The van der Waals surface area contributed by atoms with Gasteiger partial charge in [0, 0.05) is 17.7 Å². The summed E-state index contributed by atoms with van der Waals surface area (Å²) in [4.78, 5) is 11.8.